The molecule has 2 aromatic rings. The van der Waals surface area contributed by atoms with E-state index in [1.54, 1.807) is 72.4 Å². The Morgan fingerprint density at radius 2 is 1.82 bits per heavy atom. The van der Waals surface area contributed by atoms with Crippen molar-refractivity contribution in [3.63, 3.8) is 0 Å². The highest BCUT2D eigenvalue weighted by atomic mass is 32.2. The second-order valence-corrected chi connectivity index (χ2v) is 12.0. The summed E-state index contributed by atoms with van der Waals surface area (Å²) in [5, 5.41) is 0. The Bertz CT molecular complexity index is 1140. The second kappa shape index (κ2) is 8.85. The quantitative estimate of drug-likeness (QED) is 0.636. The predicted molar refractivity (Wildman–Crippen MR) is 128 cm³/mol. The monoisotopic (exact) mass is 489 g/mol. The number of nitrogens with zero attached hydrogens (tertiary/aromatic N) is 2. The van der Waals surface area contributed by atoms with Crippen molar-refractivity contribution >= 4 is 21.8 Å². The molecule has 1 spiro atoms. The molecule has 4 rings (SSSR count). The summed E-state index contributed by atoms with van der Waals surface area (Å²) >= 11 is 0. The Balaban J connectivity index is 1.68. The van der Waals surface area contributed by atoms with Crippen LogP contribution in [0.2, 0.25) is 0 Å². The van der Waals surface area contributed by atoms with Gasteiger partial charge in [-0.3, -0.25) is 0 Å². The lowest BCUT2D eigenvalue weighted by molar-refractivity contribution is -0.000185. The standard InChI is InChI=1S/C25H32FN3O4S/c1-24(2,3)33-23(30)28-16-18(12-13-20-21(26)10-7-11-22(20)27)29(25(17-28)14-15-25)34(31,32)19-8-5-4-6-9-19/h4-11,18H,12-17,27H2,1-3H3/t18-/m0/s1. The molecule has 1 aliphatic heterocycles. The number of amides is 1. The van der Waals surface area contributed by atoms with Crippen molar-refractivity contribution in [1.82, 2.24) is 9.21 Å². The highest BCUT2D eigenvalue weighted by Crippen LogP contribution is 2.49. The van der Waals surface area contributed by atoms with Gasteiger partial charge in [0.1, 0.15) is 11.4 Å². The number of carbonyl (C=O) groups excluding carboxylic acids is 1. The van der Waals surface area contributed by atoms with Gasteiger partial charge in [-0.25, -0.2) is 17.6 Å². The summed E-state index contributed by atoms with van der Waals surface area (Å²) in [5.74, 6) is -0.418. The first-order valence-corrected chi connectivity index (χ1v) is 13.0. The molecular weight excluding hydrogens is 457 g/mol. The van der Waals surface area contributed by atoms with Gasteiger partial charge >= 0.3 is 6.09 Å². The molecule has 1 saturated carbocycles. The van der Waals surface area contributed by atoms with E-state index in [0.29, 0.717) is 30.5 Å². The number of sulfonamides is 1. The molecule has 0 aromatic heterocycles. The van der Waals surface area contributed by atoms with Gasteiger partial charge in [-0.05, 0) is 70.7 Å². The first kappa shape index (κ1) is 24.5. The fourth-order valence-electron chi connectivity index (χ4n) is 4.71. The predicted octanol–water partition coefficient (Wildman–Crippen LogP) is 4.18. The molecule has 2 N–H and O–H groups in total. The first-order valence-electron chi connectivity index (χ1n) is 11.5. The van der Waals surface area contributed by atoms with E-state index in [1.807, 2.05) is 0 Å². The maximum atomic E-state index is 14.5. The van der Waals surface area contributed by atoms with Crippen molar-refractivity contribution in [3.05, 3.63) is 59.9 Å². The maximum Gasteiger partial charge on any atom is 0.410 e. The van der Waals surface area contributed by atoms with Crippen LogP contribution in [0.3, 0.4) is 0 Å². The van der Waals surface area contributed by atoms with Crippen LogP contribution in [0, 0.1) is 5.82 Å². The zero-order valence-electron chi connectivity index (χ0n) is 19.8. The number of nitrogen functional groups attached to an aromatic ring is 1. The van der Waals surface area contributed by atoms with Crippen LogP contribution in [-0.4, -0.2) is 54.0 Å². The Labute approximate surface area is 200 Å². The zero-order valence-corrected chi connectivity index (χ0v) is 20.6. The molecule has 1 amide bonds. The van der Waals surface area contributed by atoms with E-state index >= 15 is 0 Å². The fourth-order valence-corrected chi connectivity index (χ4v) is 6.75. The molecule has 184 valence electrons. The number of benzene rings is 2. The zero-order chi connectivity index (χ0) is 24.7. The van der Waals surface area contributed by atoms with Gasteiger partial charge < -0.3 is 15.4 Å². The van der Waals surface area contributed by atoms with E-state index in [-0.39, 0.29) is 24.4 Å². The van der Waals surface area contributed by atoms with Crippen LogP contribution in [0.25, 0.3) is 0 Å². The molecule has 1 saturated heterocycles. The second-order valence-electron chi connectivity index (χ2n) is 10.2. The van der Waals surface area contributed by atoms with Crippen LogP contribution in [0.4, 0.5) is 14.9 Å². The van der Waals surface area contributed by atoms with Gasteiger partial charge in [-0.15, -0.1) is 0 Å². The minimum atomic E-state index is -3.84. The number of ether oxygens (including phenoxy) is 1. The Kier molecular flexibility index (Phi) is 6.37. The normalized spacial score (nSPS) is 20.4. The van der Waals surface area contributed by atoms with E-state index in [1.165, 1.54) is 6.07 Å². The van der Waals surface area contributed by atoms with Crippen molar-refractivity contribution < 1.29 is 22.3 Å². The van der Waals surface area contributed by atoms with Gasteiger partial charge in [0.15, 0.2) is 0 Å². The molecule has 9 heteroatoms. The summed E-state index contributed by atoms with van der Waals surface area (Å²) in [6, 6.07) is 12.3. The van der Waals surface area contributed by atoms with Crippen LogP contribution in [0.15, 0.2) is 53.4 Å². The van der Waals surface area contributed by atoms with Gasteiger partial charge in [0, 0.05) is 30.4 Å². The molecule has 0 radical (unpaired) electrons. The van der Waals surface area contributed by atoms with Gasteiger partial charge in [0.05, 0.1) is 10.4 Å². The van der Waals surface area contributed by atoms with Crippen molar-refractivity contribution in [3.8, 4) is 0 Å². The minimum Gasteiger partial charge on any atom is -0.444 e. The Morgan fingerprint density at radius 1 is 1.15 bits per heavy atom. The van der Waals surface area contributed by atoms with E-state index in [4.69, 9.17) is 10.5 Å². The van der Waals surface area contributed by atoms with E-state index < -0.39 is 39.1 Å². The third-order valence-electron chi connectivity index (χ3n) is 6.38. The number of hydrogen-bond acceptors (Lipinski definition) is 5. The Morgan fingerprint density at radius 3 is 2.41 bits per heavy atom. The van der Waals surface area contributed by atoms with Crippen molar-refractivity contribution in [2.75, 3.05) is 18.8 Å². The van der Waals surface area contributed by atoms with Crippen LogP contribution < -0.4 is 5.73 Å². The molecule has 2 fully saturated rings. The number of carbonyl (C=O) groups is 1. The number of halogens is 1. The average molecular weight is 490 g/mol. The summed E-state index contributed by atoms with van der Waals surface area (Å²) < 4.78 is 49.2. The molecule has 1 aliphatic carbocycles. The number of rotatable bonds is 5. The lowest BCUT2D eigenvalue weighted by atomic mass is 9.99. The molecule has 0 unspecified atom stereocenters. The maximum absolute atomic E-state index is 14.5. The SMILES string of the molecule is CC(C)(C)OC(=O)N1C[C@H](CCc2c(N)cccc2F)N(S(=O)(=O)c2ccccc2)C2(CC2)C1. The lowest BCUT2D eigenvalue weighted by Crippen LogP contribution is -2.63. The molecule has 34 heavy (non-hydrogen) atoms. The molecule has 2 aliphatic rings. The fraction of sp³-hybridized carbons (Fsp3) is 0.480. The van der Waals surface area contributed by atoms with Crippen LogP contribution in [-0.2, 0) is 21.2 Å². The summed E-state index contributed by atoms with van der Waals surface area (Å²) in [5.41, 5.74) is 5.34. The topological polar surface area (TPSA) is 92.9 Å². The van der Waals surface area contributed by atoms with Crippen molar-refractivity contribution in [2.45, 2.75) is 68.5 Å². The minimum absolute atomic E-state index is 0.164. The largest absolute Gasteiger partial charge is 0.444 e. The van der Waals surface area contributed by atoms with Gasteiger partial charge in [0.25, 0.3) is 0 Å². The number of hydrogen-bond donors (Lipinski definition) is 1. The Hall–Kier alpha value is -2.65. The van der Waals surface area contributed by atoms with E-state index in [9.17, 15) is 17.6 Å². The highest BCUT2D eigenvalue weighted by Gasteiger charge is 2.60. The third-order valence-corrected chi connectivity index (χ3v) is 8.45. The van der Waals surface area contributed by atoms with E-state index in [2.05, 4.69) is 0 Å². The van der Waals surface area contributed by atoms with Gasteiger partial charge in [-0.1, -0.05) is 24.3 Å². The molecule has 7 nitrogen and oxygen atoms in total. The lowest BCUT2D eigenvalue weighted by Gasteiger charge is -2.46. The smallest absolute Gasteiger partial charge is 0.410 e. The molecular formula is C25H32FN3O4S. The van der Waals surface area contributed by atoms with Crippen molar-refractivity contribution in [2.24, 2.45) is 0 Å². The summed E-state index contributed by atoms with van der Waals surface area (Å²) in [6.07, 6.45) is 1.40. The number of piperazine rings is 1. The molecule has 0 bridgehead atoms. The van der Waals surface area contributed by atoms with Crippen LogP contribution >= 0.6 is 0 Å². The molecule has 1 atom stereocenters. The van der Waals surface area contributed by atoms with Crippen LogP contribution in [0.5, 0.6) is 0 Å². The number of anilines is 1. The van der Waals surface area contributed by atoms with Crippen LogP contribution in [0.1, 0.15) is 45.6 Å². The summed E-state index contributed by atoms with van der Waals surface area (Å²) in [7, 11) is -3.84. The van der Waals surface area contributed by atoms with Gasteiger partial charge in [-0.2, -0.15) is 4.31 Å². The number of nitrogens with two attached hydrogens (primary N) is 1. The van der Waals surface area contributed by atoms with Crippen molar-refractivity contribution in [1.29, 1.82) is 0 Å². The van der Waals surface area contributed by atoms with E-state index in [0.717, 1.165) is 0 Å². The van der Waals surface area contributed by atoms with Gasteiger partial charge in [0.2, 0.25) is 10.0 Å². The first-order chi connectivity index (χ1) is 15.9. The highest BCUT2D eigenvalue weighted by molar-refractivity contribution is 7.89. The third kappa shape index (κ3) is 4.90. The summed E-state index contributed by atoms with van der Waals surface area (Å²) in [4.78, 5) is 14.8. The summed E-state index contributed by atoms with van der Waals surface area (Å²) in [6.45, 7) is 5.83. The molecule has 1 heterocycles. The molecule has 2 aromatic carbocycles. The average Bonchev–Trinajstić information content (AvgIpc) is 3.51.